The molecule has 0 saturated carbocycles. The number of nitro benzene ring substituents is 1. The van der Waals surface area contributed by atoms with Crippen LogP contribution in [-0.4, -0.2) is 10.1 Å². The first-order valence-electron chi connectivity index (χ1n) is 6.03. The zero-order valence-corrected chi connectivity index (χ0v) is 10.6. The van der Waals surface area contributed by atoms with Crippen molar-refractivity contribution in [2.24, 2.45) is 5.18 Å². The lowest BCUT2D eigenvalue weighted by atomic mass is 9.98. The molecule has 0 bridgehead atoms. The van der Waals surface area contributed by atoms with Gasteiger partial charge < -0.3 is 0 Å². The first kappa shape index (κ1) is 12.9. The van der Waals surface area contributed by atoms with Crippen LogP contribution in [0.25, 0.3) is 21.5 Å². The summed E-state index contributed by atoms with van der Waals surface area (Å²) < 4.78 is 0. The number of hydrogen-bond acceptors (Lipinski definition) is 6. The Labute approximate surface area is 117 Å². The molecule has 0 aromatic heterocycles. The molecule has 0 radical (unpaired) electrons. The van der Waals surface area contributed by atoms with Gasteiger partial charge in [0.25, 0.3) is 5.69 Å². The number of non-ortho nitro benzene ring substituents is 1. The van der Waals surface area contributed by atoms with Gasteiger partial charge in [0.15, 0.2) is 0 Å². The van der Waals surface area contributed by atoms with Crippen molar-refractivity contribution in [3.8, 4) is 0 Å². The van der Waals surface area contributed by atoms with E-state index in [1.165, 1.54) is 12.1 Å². The van der Waals surface area contributed by atoms with Crippen LogP contribution in [0, 0.1) is 15.0 Å². The molecule has 0 aliphatic heterocycles. The van der Waals surface area contributed by atoms with Gasteiger partial charge in [0.05, 0.1) is 10.6 Å². The molecule has 3 aromatic carbocycles. The van der Waals surface area contributed by atoms with E-state index in [0.717, 1.165) is 5.39 Å². The number of nitrogens with zero attached hydrogens (tertiary/aromatic N) is 2. The predicted octanol–water partition coefficient (Wildman–Crippen LogP) is 4.10. The van der Waals surface area contributed by atoms with E-state index in [2.05, 4.69) is 5.18 Å². The summed E-state index contributed by atoms with van der Waals surface area (Å²) in [5.74, 6) is 0. The van der Waals surface area contributed by atoms with E-state index in [1.54, 1.807) is 30.3 Å². The van der Waals surface area contributed by atoms with Crippen molar-refractivity contribution in [2.45, 2.75) is 0 Å². The summed E-state index contributed by atoms with van der Waals surface area (Å²) in [6.45, 7) is 0. The Morgan fingerprint density at radius 1 is 1.05 bits per heavy atom. The van der Waals surface area contributed by atoms with Crippen molar-refractivity contribution < 1.29 is 10.1 Å². The molecule has 0 fully saturated rings. The van der Waals surface area contributed by atoms with Crippen LogP contribution in [0.4, 0.5) is 17.1 Å². The SMILES string of the molecule is O=Nc1c(NO)c2ccccc2c2ccc([N+](=O)[O-])cc12. The van der Waals surface area contributed by atoms with Crippen LogP contribution in [0.15, 0.2) is 47.6 Å². The average Bonchev–Trinajstić information content (AvgIpc) is 2.52. The molecule has 0 amide bonds. The summed E-state index contributed by atoms with van der Waals surface area (Å²) in [5.41, 5.74) is 1.89. The zero-order valence-electron chi connectivity index (χ0n) is 10.6. The molecule has 0 unspecified atom stereocenters. The number of nitro groups is 1. The first-order chi connectivity index (χ1) is 10.2. The van der Waals surface area contributed by atoms with E-state index in [4.69, 9.17) is 0 Å². The van der Waals surface area contributed by atoms with Crippen molar-refractivity contribution >= 4 is 38.6 Å². The normalized spacial score (nSPS) is 10.7. The summed E-state index contributed by atoms with van der Waals surface area (Å²) in [4.78, 5) is 21.5. The van der Waals surface area contributed by atoms with Crippen LogP contribution in [0.3, 0.4) is 0 Å². The fourth-order valence-corrected chi connectivity index (χ4v) is 2.48. The van der Waals surface area contributed by atoms with Gasteiger partial charge >= 0.3 is 0 Å². The lowest BCUT2D eigenvalue weighted by Crippen LogP contribution is -1.94. The van der Waals surface area contributed by atoms with Gasteiger partial charge in [-0.25, -0.2) is 0 Å². The maximum atomic E-state index is 11.2. The smallest absolute Gasteiger partial charge is 0.270 e. The molecule has 7 heteroatoms. The number of benzene rings is 3. The maximum Gasteiger partial charge on any atom is 0.270 e. The fourth-order valence-electron chi connectivity index (χ4n) is 2.48. The molecule has 0 aliphatic rings. The fraction of sp³-hybridized carbons (Fsp3) is 0. The Kier molecular flexibility index (Phi) is 2.96. The average molecular weight is 283 g/mol. The van der Waals surface area contributed by atoms with E-state index >= 15 is 0 Å². The molecule has 104 valence electrons. The second-order valence-corrected chi connectivity index (χ2v) is 4.46. The molecule has 0 atom stereocenters. The van der Waals surface area contributed by atoms with Gasteiger partial charge in [0.2, 0.25) is 0 Å². The third-order valence-electron chi connectivity index (χ3n) is 3.40. The van der Waals surface area contributed by atoms with Gasteiger partial charge in [0.1, 0.15) is 5.69 Å². The van der Waals surface area contributed by atoms with Crippen LogP contribution >= 0.6 is 0 Å². The minimum atomic E-state index is -0.546. The Hall–Kier alpha value is -3.06. The van der Waals surface area contributed by atoms with E-state index in [0.29, 0.717) is 16.2 Å². The second kappa shape index (κ2) is 4.80. The number of nitrogens with one attached hydrogen (secondary N) is 1. The van der Waals surface area contributed by atoms with Gasteiger partial charge in [-0.05, 0) is 22.0 Å². The zero-order chi connectivity index (χ0) is 15.0. The third-order valence-corrected chi connectivity index (χ3v) is 3.40. The molecule has 0 spiro atoms. The van der Waals surface area contributed by atoms with E-state index in [1.807, 2.05) is 5.48 Å². The summed E-state index contributed by atoms with van der Waals surface area (Å²) in [7, 11) is 0. The quantitative estimate of drug-likeness (QED) is 0.326. The van der Waals surface area contributed by atoms with Gasteiger partial charge in [-0.2, -0.15) is 0 Å². The maximum absolute atomic E-state index is 11.2. The number of hydrogen-bond donors (Lipinski definition) is 2. The van der Waals surface area contributed by atoms with E-state index in [9.17, 15) is 20.2 Å². The summed E-state index contributed by atoms with van der Waals surface area (Å²) in [6.07, 6.45) is 0. The van der Waals surface area contributed by atoms with E-state index < -0.39 is 4.92 Å². The highest BCUT2D eigenvalue weighted by Gasteiger charge is 2.17. The number of rotatable bonds is 3. The van der Waals surface area contributed by atoms with Crippen LogP contribution in [0.2, 0.25) is 0 Å². The Morgan fingerprint density at radius 3 is 2.33 bits per heavy atom. The van der Waals surface area contributed by atoms with Crippen LogP contribution in [0.1, 0.15) is 0 Å². The monoisotopic (exact) mass is 283 g/mol. The minimum absolute atomic E-state index is 0.0603. The molecule has 21 heavy (non-hydrogen) atoms. The number of fused-ring (bicyclic) bond motifs is 3. The molecule has 3 rings (SSSR count). The lowest BCUT2D eigenvalue weighted by molar-refractivity contribution is -0.384. The largest absolute Gasteiger partial charge is 0.291 e. The second-order valence-electron chi connectivity index (χ2n) is 4.46. The standard InChI is InChI=1S/C14H9N3O4/c18-15-13-11-4-2-1-3-9(11)10-6-5-8(17(20)21)7-12(10)14(13)16-19/h1-7,15,18H. The molecule has 3 aromatic rings. The summed E-state index contributed by atoms with van der Waals surface area (Å²) in [5, 5.41) is 25.5. The van der Waals surface area contributed by atoms with Gasteiger partial charge in [-0.3, -0.25) is 20.8 Å². The topological polar surface area (TPSA) is 105 Å². The molecular formula is C14H9N3O4. The molecule has 0 saturated heterocycles. The molecule has 0 heterocycles. The van der Waals surface area contributed by atoms with Crippen LogP contribution < -0.4 is 5.48 Å². The van der Waals surface area contributed by atoms with Crippen molar-refractivity contribution in [1.29, 1.82) is 0 Å². The van der Waals surface area contributed by atoms with Crippen LogP contribution in [0.5, 0.6) is 0 Å². The summed E-state index contributed by atoms with van der Waals surface area (Å²) in [6, 6.07) is 11.3. The minimum Gasteiger partial charge on any atom is -0.291 e. The lowest BCUT2D eigenvalue weighted by Gasteiger charge is -2.11. The highest BCUT2D eigenvalue weighted by molar-refractivity contribution is 6.19. The van der Waals surface area contributed by atoms with Crippen molar-refractivity contribution in [3.05, 3.63) is 57.5 Å². The van der Waals surface area contributed by atoms with Gasteiger partial charge in [0, 0.05) is 22.9 Å². The van der Waals surface area contributed by atoms with Crippen molar-refractivity contribution in [1.82, 2.24) is 0 Å². The number of anilines is 1. The first-order valence-corrected chi connectivity index (χ1v) is 6.03. The Balaban J connectivity index is 2.57. The Morgan fingerprint density at radius 2 is 1.71 bits per heavy atom. The van der Waals surface area contributed by atoms with Crippen molar-refractivity contribution in [2.75, 3.05) is 5.48 Å². The highest BCUT2D eigenvalue weighted by atomic mass is 16.6. The van der Waals surface area contributed by atoms with Crippen molar-refractivity contribution in [3.63, 3.8) is 0 Å². The van der Waals surface area contributed by atoms with E-state index in [-0.39, 0.29) is 17.1 Å². The molecular weight excluding hydrogens is 274 g/mol. The van der Waals surface area contributed by atoms with Crippen LogP contribution in [-0.2, 0) is 0 Å². The predicted molar refractivity (Wildman–Crippen MR) is 79.0 cm³/mol. The molecule has 0 aliphatic carbocycles. The molecule has 7 nitrogen and oxygen atoms in total. The summed E-state index contributed by atoms with van der Waals surface area (Å²) >= 11 is 0. The highest BCUT2D eigenvalue weighted by Crippen LogP contribution is 2.42. The van der Waals surface area contributed by atoms with Gasteiger partial charge in [-0.1, -0.05) is 24.3 Å². The molecule has 2 N–H and O–H groups in total. The third kappa shape index (κ3) is 1.87. The Bertz CT molecular complexity index is 892. The van der Waals surface area contributed by atoms with Gasteiger partial charge in [-0.15, -0.1) is 4.91 Å². The number of nitroso groups, excluding NO2 is 1.